The third kappa shape index (κ3) is 3.60. The second-order valence-electron chi connectivity index (χ2n) is 5.93. The van der Waals surface area contributed by atoms with Crippen LogP contribution < -0.4 is 5.32 Å². The van der Waals surface area contributed by atoms with Gasteiger partial charge in [0.25, 0.3) is 0 Å². The van der Waals surface area contributed by atoms with Gasteiger partial charge in [-0.3, -0.25) is 4.90 Å². The van der Waals surface area contributed by atoms with Crippen molar-refractivity contribution in [3.05, 3.63) is 20.8 Å². The molecule has 1 saturated heterocycles. The van der Waals surface area contributed by atoms with Crippen molar-refractivity contribution < 1.29 is 0 Å². The van der Waals surface area contributed by atoms with Gasteiger partial charge in [-0.2, -0.15) is 0 Å². The number of nitrogens with zero attached hydrogens (tertiary/aromatic N) is 1. The smallest absolute Gasteiger partial charge is 0.0701 e. The molecule has 1 aromatic heterocycles. The van der Waals surface area contributed by atoms with Gasteiger partial charge in [0.1, 0.15) is 0 Å². The van der Waals surface area contributed by atoms with E-state index in [-0.39, 0.29) is 0 Å². The predicted molar refractivity (Wildman–Crippen MR) is 85.6 cm³/mol. The average molecular weight is 343 g/mol. The van der Waals surface area contributed by atoms with E-state index >= 15 is 0 Å². The highest BCUT2D eigenvalue weighted by Crippen LogP contribution is 2.37. The fourth-order valence-electron chi connectivity index (χ4n) is 3.21. The third-order valence-electron chi connectivity index (χ3n) is 4.33. The number of rotatable bonds is 5. The third-order valence-corrected chi connectivity index (χ3v) is 5.94. The largest absolute Gasteiger partial charge is 0.311 e. The number of hydrogen-bond acceptors (Lipinski definition) is 3. The summed E-state index contributed by atoms with van der Waals surface area (Å²) >= 11 is 5.46. The molecule has 1 aromatic rings. The molecule has 19 heavy (non-hydrogen) atoms. The molecule has 0 bridgehead atoms. The summed E-state index contributed by atoms with van der Waals surface area (Å²) < 4.78 is 1.26. The van der Waals surface area contributed by atoms with Crippen LogP contribution in [0, 0.1) is 5.92 Å². The van der Waals surface area contributed by atoms with Gasteiger partial charge in [0.15, 0.2) is 0 Å². The molecular weight excluding hydrogens is 320 g/mol. The van der Waals surface area contributed by atoms with Crippen LogP contribution in [-0.2, 0) is 6.54 Å². The van der Waals surface area contributed by atoms with Crippen LogP contribution in [-0.4, -0.2) is 30.1 Å². The van der Waals surface area contributed by atoms with Crippen LogP contribution in [0.25, 0.3) is 0 Å². The summed E-state index contributed by atoms with van der Waals surface area (Å²) in [5.41, 5.74) is 0. The lowest BCUT2D eigenvalue weighted by Gasteiger charge is -2.40. The van der Waals surface area contributed by atoms with Crippen LogP contribution in [0.4, 0.5) is 0 Å². The van der Waals surface area contributed by atoms with Crippen molar-refractivity contribution in [1.82, 2.24) is 10.2 Å². The van der Waals surface area contributed by atoms with Gasteiger partial charge in [0.2, 0.25) is 0 Å². The van der Waals surface area contributed by atoms with E-state index in [1.807, 2.05) is 11.3 Å². The average Bonchev–Trinajstić information content (AvgIpc) is 3.14. The van der Waals surface area contributed by atoms with Crippen LogP contribution in [0.1, 0.15) is 37.5 Å². The second kappa shape index (κ2) is 6.25. The fourth-order valence-corrected chi connectivity index (χ4v) is 4.71. The van der Waals surface area contributed by atoms with Crippen molar-refractivity contribution in [2.75, 3.05) is 13.1 Å². The minimum absolute atomic E-state index is 0.698. The van der Waals surface area contributed by atoms with Gasteiger partial charge >= 0.3 is 0 Å². The maximum atomic E-state index is 3.76. The number of nitrogens with one attached hydrogen (secondary N) is 1. The van der Waals surface area contributed by atoms with E-state index in [9.17, 15) is 0 Å². The second-order valence-corrected chi connectivity index (χ2v) is 8.48. The first kappa shape index (κ1) is 14.1. The summed E-state index contributed by atoms with van der Waals surface area (Å²) in [6.07, 6.45) is 5.47. The highest BCUT2D eigenvalue weighted by atomic mass is 79.9. The van der Waals surface area contributed by atoms with E-state index in [2.05, 4.69) is 45.2 Å². The van der Waals surface area contributed by atoms with Crippen molar-refractivity contribution in [2.24, 2.45) is 5.92 Å². The first-order chi connectivity index (χ1) is 9.26. The van der Waals surface area contributed by atoms with Gasteiger partial charge in [0.05, 0.1) is 3.79 Å². The minimum Gasteiger partial charge on any atom is -0.311 e. The van der Waals surface area contributed by atoms with Crippen molar-refractivity contribution in [3.8, 4) is 0 Å². The Hall–Kier alpha value is 0.1000. The zero-order valence-electron chi connectivity index (χ0n) is 11.6. The molecule has 4 heteroatoms. The molecule has 0 aromatic carbocycles. The molecule has 3 rings (SSSR count). The molecule has 2 aliphatic rings. The Balaban J connectivity index is 1.66. The molecule has 1 aliphatic heterocycles. The quantitative estimate of drug-likeness (QED) is 0.873. The summed E-state index contributed by atoms with van der Waals surface area (Å²) in [5.74, 6) is 0.957. The topological polar surface area (TPSA) is 15.3 Å². The van der Waals surface area contributed by atoms with Crippen molar-refractivity contribution >= 4 is 27.3 Å². The molecule has 106 valence electrons. The number of piperazine rings is 1. The Labute approximate surface area is 128 Å². The lowest BCUT2D eigenvalue weighted by Crippen LogP contribution is -2.56. The molecule has 2 heterocycles. The summed E-state index contributed by atoms with van der Waals surface area (Å²) in [6.45, 7) is 5.85. The SMILES string of the molecule is CCCC1CN(Cc2ccc(Br)s2)C(C2CC2)CN1. The molecule has 0 spiro atoms. The Bertz CT molecular complexity index is 416. The highest BCUT2D eigenvalue weighted by Gasteiger charge is 2.38. The molecule has 1 N–H and O–H groups in total. The molecule has 0 radical (unpaired) electrons. The van der Waals surface area contributed by atoms with E-state index < -0.39 is 0 Å². The Morgan fingerprint density at radius 1 is 1.42 bits per heavy atom. The van der Waals surface area contributed by atoms with Gasteiger partial charge in [-0.1, -0.05) is 13.3 Å². The number of halogens is 1. The van der Waals surface area contributed by atoms with E-state index in [1.54, 1.807) is 0 Å². The Morgan fingerprint density at radius 3 is 2.89 bits per heavy atom. The van der Waals surface area contributed by atoms with Gasteiger partial charge in [-0.05, 0) is 53.2 Å². The molecule has 1 aliphatic carbocycles. The normalized spacial score (nSPS) is 28.7. The summed E-state index contributed by atoms with van der Waals surface area (Å²) in [5, 5.41) is 3.76. The van der Waals surface area contributed by atoms with Crippen molar-refractivity contribution in [3.63, 3.8) is 0 Å². The summed E-state index contributed by atoms with van der Waals surface area (Å²) in [4.78, 5) is 4.24. The Morgan fingerprint density at radius 2 is 2.26 bits per heavy atom. The molecular formula is C15H23BrN2S. The van der Waals surface area contributed by atoms with Crippen LogP contribution in [0.5, 0.6) is 0 Å². The van der Waals surface area contributed by atoms with E-state index in [4.69, 9.17) is 0 Å². The molecule has 2 unspecified atom stereocenters. The Kier molecular flexibility index (Phi) is 4.62. The maximum absolute atomic E-state index is 3.76. The molecule has 2 atom stereocenters. The van der Waals surface area contributed by atoms with E-state index in [0.29, 0.717) is 6.04 Å². The standard InChI is InChI=1S/C15H23BrN2S/c1-2-3-12-9-18(10-13-6-7-15(16)19-13)14(8-17-12)11-4-5-11/h6-7,11-12,14,17H,2-5,8-10H2,1H3. The molecule has 1 saturated carbocycles. The first-order valence-corrected chi connectivity index (χ1v) is 9.09. The van der Waals surface area contributed by atoms with Gasteiger partial charge < -0.3 is 5.32 Å². The van der Waals surface area contributed by atoms with Crippen molar-refractivity contribution in [1.29, 1.82) is 0 Å². The van der Waals surface area contributed by atoms with Crippen LogP contribution in [0.2, 0.25) is 0 Å². The number of thiophene rings is 1. The minimum atomic E-state index is 0.698. The maximum Gasteiger partial charge on any atom is 0.0701 e. The van der Waals surface area contributed by atoms with Crippen LogP contribution in [0.3, 0.4) is 0 Å². The van der Waals surface area contributed by atoms with Crippen molar-refractivity contribution in [2.45, 2.75) is 51.2 Å². The zero-order valence-corrected chi connectivity index (χ0v) is 14.0. The molecule has 2 fully saturated rings. The zero-order chi connectivity index (χ0) is 13.2. The van der Waals surface area contributed by atoms with Gasteiger partial charge in [-0.25, -0.2) is 0 Å². The highest BCUT2D eigenvalue weighted by molar-refractivity contribution is 9.11. The van der Waals surface area contributed by atoms with E-state index in [0.717, 1.165) is 18.5 Å². The van der Waals surface area contributed by atoms with Crippen LogP contribution in [0.15, 0.2) is 15.9 Å². The van der Waals surface area contributed by atoms with E-state index in [1.165, 1.54) is 47.4 Å². The predicted octanol–water partition coefficient (Wildman–Crippen LogP) is 3.86. The lowest BCUT2D eigenvalue weighted by molar-refractivity contribution is 0.105. The number of hydrogen-bond donors (Lipinski definition) is 1. The molecule has 0 amide bonds. The fraction of sp³-hybridized carbons (Fsp3) is 0.733. The van der Waals surface area contributed by atoms with Gasteiger partial charge in [0, 0.05) is 36.6 Å². The first-order valence-electron chi connectivity index (χ1n) is 7.48. The lowest BCUT2D eigenvalue weighted by atomic mass is 10.0. The summed E-state index contributed by atoms with van der Waals surface area (Å²) in [7, 11) is 0. The van der Waals surface area contributed by atoms with Gasteiger partial charge in [-0.15, -0.1) is 11.3 Å². The monoisotopic (exact) mass is 342 g/mol. The van der Waals surface area contributed by atoms with Crippen LogP contribution >= 0.6 is 27.3 Å². The summed E-state index contributed by atoms with van der Waals surface area (Å²) in [6, 6.07) is 5.92. The molecule has 2 nitrogen and oxygen atoms in total.